The first-order chi connectivity index (χ1) is 12.1. The minimum Gasteiger partial charge on any atom is -0.358 e. The summed E-state index contributed by atoms with van der Waals surface area (Å²) in [6.45, 7) is 1.15. The number of carbonyl (C=O) groups is 1. The van der Waals surface area contributed by atoms with Gasteiger partial charge in [0.05, 0.1) is 24.2 Å². The number of nitrogens with zero attached hydrogens (tertiary/aromatic N) is 5. The van der Waals surface area contributed by atoms with Crippen LogP contribution in [0.25, 0.3) is 0 Å². The third-order valence-electron chi connectivity index (χ3n) is 4.04. The minimum atomic E-state index is -0.120. The van der Waals surface area contributed by atoms with Gasteiger partial charge in [0.25, 0.3) is 0 Å². The molecule has 3 heterocycles. The van der Waals surface area contributed by atoms with Gasteiger partial charge in [-0.1, -0.05) is 11.6 Å². The van der Waals surface area contributed by atoms with Crippen LogP contribution in [0.4, 0.5) is 17.5 Å². The van der Waals surface area contributed by atoms with Crippen LogP contribution in [-0.2, 0) is 11.3 Å². The van der Waals surface area contributed by atoms with Gasteiger partial charge in [-0.3, -0.25) is 14.8 Å². The Kier molecular flexibility index (Phi) is 5.34. The van der Waals surface area contributed by atoms with E-state index in [1.165, 1.54) is 4.68 Å². The van der Waals surface area contributed by atoms with E-state index in [4.69, 9.17) is 11.6 Å². The zero-order valence-corrected chi connectivity index (χ0v) is 14.9. The zero-order valence-electron chi connectivity index (χ0n) is 14.2. The molecule has 1 atom stereocenters. The number of amides is 1. The van der Waals surface area contributed by atoms with Crippen LogP contribution >= 0.6 is 11.6 Å². The molecule has 0 spiro atoms. The molecule has 10 heteroatoms. The second-order valence-electron chi connectivity index (χ2n) is 5.81. The highest BCUT2D eigenvalue weighted by Crippen LogP contribution is 2.26. The minimum absolute atomic E-state index is 0.120. The van der Waals surface area contributed by atoms with E-state index >= 15 is 0 Å². The number of aromatic nitrogens is 4. The Morgan fingerprint density at radius 3 is 3.08 bits per heavy atom. The Labute approximate surface area is 150 Å². The summed E-state index contributed by atoms with van der Waals surface area (Å²) in [5.41, 5.74) is 0.693. The predicted octanol–water partition coefficient (Wildman–Crippen LogP) is 0.962. The van der Waals surface area contributed by atoms with Gasteiger partial charge in [0.2, 0.25) is 11.9 Å². The van der Waals surface area contributed by atoms with E-state index in [-0.39, 0.29) is 18.6 Å². The van der Waals surface area contributed by atoms with Crippen LogP contribution in [0.5, 0.6) is 0 Å². The standard InChI is InChI=1S/C15H21ClN8O/c1-17-13(25)9-24-8-10(6-20-24)21-15-19-7-11(16)14(22-15)23(2)12-4-3-5-18-12/h6-8,12,18H,3-5,9H2,1-2H3,(H,17,25)(H,19,21,22)/t12-/m0/s1. The topological polar surface area (TPSA) is 100 Å². The summed E-state index contributed by atoms with van der Waals surface area (Å²) in [4.78, 5) is 22.1. The molecule has 0 bridgehead atoms. The fourth-order valence-electron chi connectivity index (χ4n) is 2.68. The molecular formula is C15H21ClN8O. The van der Waals surface area contributed by atoms with E-state index in [1.807, 2.05) is 11.9 Å². The summed E-state index contributed by atoms with van der Waals surface area (Å²) in [5.74, 6) is 0.963. The Morgan fingerprint density at radius 1 is 1.52 bits per heavy atom. The van der Waals surface area contributed by atoms with Crippen LogP contribution in [-0.4, -0.2) is 52.5 Å². The van der Waals surface area contributed by atoms with Crippen LogP contribution < -0.4 is 20.9 Å². The number of likely N-dealkylation sites (N-methyl/N-ethyl adjacent to an activating group) is 1. The molecule has 1 aliphatic rings. The van der Waals surface area contributed by atoms with E-state index in [1.54, 1.807) is 25.6 Å². The van der Waals surface area contributed by atoms with E-state index in [0.29, 0.717) is 22.5 Å². The van der Waals surface area contributed by atoms with Gasteiger partial charge in [-0.15, -0.1) is 0 Å². The van der Waals surface area contributed by atoms with Gasteiger partial charge in [-0.2, -0.15) is 10.1 Å². The van der Waals surface area contributed by atoms with E-state index in [0.717, 1.165) is 19.4 Å². The average molecular weight is 365 g/mol. The molecule has 0 aromatic carbocycles. The molecule has 0 unspecified atom stereocenters. The maximum absolute atomic E-state index is 11.4. The summed E-state index contributed by atoms with van der Waals surface area (Å²) < 4.78 is 1.53. The second-order valence-corrected chi connectivity index (χ2v) is 6.22. The van der Waals surface area contributed by atoms with Crippen molar-refractivity contribution in [3.63, 3.8) is 0 Å². The average Bonchev–Trinajstić information content (AvgIpc) is 3.28. The lowest BCUT2D eigenvalue weighted by atomic mass is 10.3. The van der Waals surface area contributed by atoms with Crippen LogP contribution in [0.2, 0.25) is 5.02 Å². The van der Waals surface area contributed by atoms with Crippen LogP contribution in [0.3, 0.4) is 0 Å². The molecule has 2 aromatic rings. The molecule has 134 valence electrons. The summed E-state index contributed by atoms with van der Waals surface area (Å²) in [6, 6.07) is 0. The second kappa shape index (κ2) is 7.66. The molecule has 9 nitrogen and oxygen atoms in total. The van der Waals surface area contributed by atoms with Gasteiger partial charge >= 0.3 is 0 Å². The molecule has 3 rings (SSSR count). The van der Waals surface area contributed by atoms with Gasteiger partial charge in [0, 0.05) is 20.3 Å². The third-order valence-corrected chi connectivity index (χ3v) is 4.30. The number of halogens is 1. The summed E-state index contributed by atoms with van der Waals surface area (Å²) in [6.07, 6.45) is 7.31. The highest BCUT2D eigenvalue weighted by atomic mass is 35.5. The molecular weight excluding hydrogens is 344 g/mol. The molecule has 3 N–H and O–H groups in total. The summed E-state index contributed by atoms with van der Waals surface area (Å²) >= 11 is 6.27. The Hall–Kier alpha value is -2.39. The summed E-state index contributed by atoms with van der Waals surface area (Å²) in [7, 11) is 3.55. The largest absolute Gasteiger partial charge is 0.358 e. The van der Waals surface area contributed by atoms with E-state index < -0.39 is 0 Å². The van der Waals surface area contributed by atoms with Crippen molar-refractivity contribution in [2.45, 2.75) is 25.6 Å². The molecule has 25 heavy (non-hydrogen) atoms. The van der Waals surface area contributed by atoms with Gasteiger partial charge in [0.1, 0.15) is 11.6 Å². The van der Waals surface area contributed by atoms with Gasteiger partial charge in [-0.05, 0) is 19.4 Å². The number of hydrogen-bond donors (Lipinski definition) is 3. The SMILES string of the molecule is CNC(=O)Cn1cc(Nc2ncc(Cl)c(N(C)[C@H]3CCCN3)n2)cn1. The van der Waals surface area contributed by atoms with Gasteiger partial charge < -0.3 is 15.5 Å². The first-order valence-corrected chi connectivity index (χ1v) is 8.43. The predicted molar refractivity (Wildman–Crippen MR) is 96.0 cm³/mol. The van der Waals surface area contributed by atoms with Crippen molar-refractivity contribution in [1.29, 1.82) is 0 Å². The van der Waals surface area contributed by atoms with Crippen molar-refractivity contribution in [2.24, 2.45) is 0 Å². The third kappa shape index (κ3) is 4.18. The number of rotatable bonds is 6. The number of hydrogen-bond acceptors (Lipinski definition) is 7. The summed E-state index contributed by atoms with van der Waals surface area (Å²) in [5, 5.41) is 13.7. The maximum atomic E-state index is 11.4. The number of carbonyl (C=O) groups excluding carboxylic acids is 1. The monoisotopic (exact) mass is 364 g/mol. The smallest absolute Gasteiger partial charge is 0.241 e. The molecule has 1 aliphatic heterocycles. The fraction of sp³-hybridized carbons (Fsp3) is 0.467. The molecule has 0 saturated carbocycles. The Morgan fingerprint density at radius 2 is 2.36 bits per heavy atom. The maximum Gasteiger partial charge on any atom is 0.241 e. The van der Waals surface area contributed by atoms with Crippen LogP contribution in [0.1, 0.15) is 12.8 Å². The van der Waals surface area contributed by atoms with Crippen molar-refractivity contribution >= 4 is 35.0 Å². The number of anilines is 3. The highest BCUT2D eigenvalue weighted by Gasteiger charge is 2.22. The normalized spacial score (nSPS) is 16.7. The first kappa shape index (κ1) is 17.4. The lowest BCUT2D eigenvalue weighted by molar-refractivity contribution is -0.121. The van der Waals surface area contributed by atoms with Crippen molar-refractivity contribution in [3.8, 4) is 0 Å². The molecule has 1 amide bonds. The molecule has 1 saturated heterocycles. The molecule has 2 aromatic heterocycles. The van der Waals surface area contributed by atoms with Gasteiger partial charge in [0.15, 0.2) is 5.82 Å². The molecule has 1 fully saturated rings. The lowest BCUT2D eigenvalue weighted by Gasteiger charge is -2.26. The Balaban J connectivity index is 1.72. The van der Waals surface area contributed by atoms with E-state index in [2.05, 4.69) is 31.0 Å². The van der Waals surface area contributed by atoms with Crippen molar-refractivity contribution in [2.75, 3.05) is 30.9 Å². The van der Waals surface area contributed by atoms with Gasteiger partial charge in [-0.25, -0.2) is 4.98 Å². The van der Waals surface area contributed by atoms with Crippen molar-refractivity contribution < 1.29 is 4.79 Å². The van der Waals surface area contributed by atoms with Crippen molar-refractivity contribution in [3.05, 3.63) is 23.6 Å². The quantitative estimate of drug-likeness (QED) is 0.702. The first-order valence-electron chi connectivity index (χ1n) is 8.05. The number of nitrogens with one attached hydrogen (secondary N) is 3. The molecule has 0 aliphatic carbocycles. The lowest BCUT2D eigenvalue weighted by Crippen LogP contribution is -2.39. The van der Waals surface area contributed by atoms with Crippen molar-refractivity contribution in [1.82, 2.24) is 30.4 Å². The highest BCUT2D eigenvalue weighted by molar-refractivity contribution is 6.32. The Bertz CT molecular complexity index is 743. The molecule has 0 radical (unpaired) electrons. The zero-order chi connectivity index (χ0) is 17.8. The fourth-order valence-corrected chi connectivity index (χ4v) is 2.90. The van der Waals surface area contributed by atoms with E-state index in [9.17, 15) is 4.79 Å². The van der Waals surface area contributed by atoms with Crippen LogP contribution in [0.15, 0.2) is 18.6 Å². The van der Waals surface area contributed by atoms with Crippen LogP contribution in [0, 0.1) is 0 Å².